The molecule has 0 aromatic rings. The molecule has 0 spiro atoms. The molecule has 0 saturated carbocycles. The fourth-order valence-corrected chi connectivity index (χ4v) is 4.90. The molecule has 2 heteroatoms. The molecule has 0 unspecified atom stereocenters. The van der Waals surface area contributed by atoms with Crippen molar-refractivity contribution >= 4 is 5.97 Å². The van der Waals surface area contributed by atoms with Crippen molar-refractivity contribution in [1.29, 1.82) is 0 Å². The van der Waals surface area contributed by atoms with Crippen molar-refractivity contribution in [2.45, 2.75) is 195 Å². The third-order valence-corrected chi connectivity index (χ3v) is 7.40. The largest absolute Gasteiger partial charge is 0.481 e. The van der Waals surface area contributed by atoms with Crippen LogP contribution in [-0.4, -0.2) is 11.1 Å². The smallest absolute Gasteiger partial charge is 0.303 e. The van der Waals surface area contributed by atoms with Gasteiger partial charge in [-0.15, -0.1) is 0 Å². The van der Waals surface area contributed by atoms with Crippen LogP contribution in [-0.2, 0) is 4.79 Å². The fraction of sp³-hybridized carbons (Fsp3) is 0.969. The Morgan fingerprint density at radius 2 is 0.735 bits per heavy atom. The lowest BCUT2D eigenvalue weighted by Gasteiger charge is -2.30. The highest BCUT2D eigenvalue weighted by Crippen LogP contribution is 2.36. The number of aliphatic carboxylic acids is 1. The zero-order chi connectivity index (χ0) is 25.8. The molecule has 0 aliphatic carbocycles. The van der Waals surface area contributed by atoms with Gasteiger partial charge in [-0.25, -0.2) is 0 Å². The standard InChI is InChI=1S/C20H42.C12H24O2/c1-5-8-11-14-17-20(4,18-15-12-9-6-2)19-16-13-10-7-3;1-2-3-4-5-6-7-8-9-10-11-12(13)14/h5-19H2,1-4H3;2-11H2,1H3,(H,13,14). The Balaban J connectivity index is 0. The molecule has 0 atom stereocenters. The molecular weight excluding hydrogens is 416 g/mol. The van der Waals surface area contributed by atoms with E-state index in [4.69, 9.17) is 5.11 Å². The van der Waals surface area contributed by atoms with Gasteiger partial charge in [0.25, 0.3) is 0 Å². The van der Waals surface area contributed by atoms with Crippen LogP contribution in [0, 0.1) is 5.41 Å². The SMILES string of the molecule is CCCCCCC(C)(CCCCCC)CCCCCC.CCCCCCCCCCCC(=O)O. The van der Waals surface area contributed by atoms with Crippen LogP contribution in [0.1, 0.15) is 195 Å². The summed E-state index contributed by atoms with van der Waals surface area (Å²) in [6.07, 6.45) is 33.1. The van der Waals surface area contributed by atoms with Crippen LogP contribution in [0.15, 0.2) is 0 Å². The van der Waals surface area contributed by atoms with Crippen molar-refractivity contribution in [3.8, 4) is 0 Å². The molecule has 206 valence electrons. The van der Waals surface area contributed by atoms with E-state index in [0.29, 0.717) is 11.8 Å². The van der Waals surface area contributed by atoms with Gasteiger partial charge in [0.1, 0.15) is 0 Å². The van der Waals surface area contributed by atoms with Crippen molar-refractivity contribution in [3.05, 3.63) is 0 Å². The molecule has 0 rings (SSSR count). The summed E-state index contributed by atoms with van der Waals surface area (Å²) >= 11 is 0. The Morgan fingerprint density at radius 3 is 1.03 bits per heavy atom. The summed E-state index contributed by atoms with van der Waals surface area (Å²) in [6.45, 7) is 11.8. The van der Waals surface area contributed by atoms with Crippen molar-refractivity contribution < 1.29 is 9.90 Å². The lowest BCUT2D eigenvalue weighted by molar-refractivity contribution is -0.137. The first-order chi connectivity index (χ1) is 16.5. The first-order valence-corrected chi connectivity index (χ1v) is 15.7. The molecule has 0 aliphatic rings. The third-order valence-electron chi connectivity index (χ3n) is 7.40. The molecule has 0 fully saturated rings. The monoisotopic (exact) mass is 483 g/mol. The van der Waals surface area contributed by atoms with Gasteiger partial charge in [-0.3, -0.25) is 4.79 Å². The number of carboxylic acids is 1. The summed E-state index contributed by atoms with van der Waals surface area (Å²) in [5, 5.41) is 8.41. The van der Waals surface area contributed by atoms with Crippen molar-refractivity contribution in [3.63, 3.8) is 0 Å². The van der Waals surface area contributed by atoms with E-state index in [2.05, 4.69) is 34.6 Å². The lowest BCUT2D eigenvalue weighted by atomic mass is 9.76. The summed E-state index contributed by atoms with van der Waals surface area (Å²) in [7, 11) is 0. The van der Waals surface area contributed by atoms with Gasteiger partial charge in [0.05, 0.1) is 0 Å². The summed E-state index contributed by atoms with van der Waals surface area (Å²) in [6, 6.07) is 0. The van der Waals surface area contributed by atoms with Gasteiger partial charge in [-0.05, 0) is 31.1 Å². The topological polar surface area (TPSA) is 37.3 Å². The highest BCUT2D eigenvalue weighted by molar-refractivity contribution is 5.66. The van der Waals surface area contributed by atoms with E-state index in [9.17, 15) is 4.79 Å². The molecule has 0 saturated heterocycles. The van der Waals surface area contributed by atoms with E-state index in [-0.39, 0.29) is 0 Å². The molecule has 0 bridgehead atoms. The second kappa shape index (κ2) is 28.7. The average molecular weight is 483 g/mol. The van der Waals surface area contributed by atoms with Crippen molar-refractivity contribution in [2.24, 2.45) is 5.41 Å². The molecule has 0 amide bonds. The van der Waals surface area contributed by atoms with E-state index in [1.165, 1.54) is 141 Å². The highest BCUT2D eigenvalue weighted by atomic mass is 16.4. The number of hydrogen-bond donors (Lipinski definition) is 1. The van der Waals surface area contributed by atoms with Crippen LogP contribution in [0.25, 0.3) is 0 Å². The number of carbonyl (C=O) groups is 1. The van der Waals surface area contributed by atoms with Gasteiger partial charge < -0.3 is 5.11 Å². The van der Waals surface area contributed by atoms with Crippen molar-refractivity contribution in [1.82, 2.24) is 0 Å². The predicted octanol–water partition coefficient (Wildman–Crippen LogP) is 11.9. The number of unbranched alkanes of at least 4 members (excludes halogenated alkanes) is 17. The maximum absolute atomic E-state index is 10.2. The maximum atomic E-state index is 10.2. The van der Waals surface area contributed by atoms with Gasteiger partial charge in [-0.1, -0.05) is 163 Å². The van der Waals surface area contributed by atoms with Crippen LogP contribution in [0.4, 0.5) is 0 Å². The molecule has 0 heterocycles. The van der Waals surface area contributed by atoms with Gasteiger partial charge in [0, 0.05) is 6.42 Å². The Morgan fingerprint density at radius 1 is 0.471 bits per heavy atom. The first-order valence-electron chi connectivity index (χ1n) is 15.7. The summed E-state index contributed by atoms with van der Waals surface area (Å²) < 4.78 is 0. The minimum Gasteiger partial charge on any atom is -0.481 e. The Bertz CT molecular complexity index is 359. The number of hydrogen-bond acceptors (Lipinski definition) is 1. The molecule has 0 aromatic heterocycles. The average Bonchev–Trinajstić information content (AvgIpc) is 2.82. The zero-order valence-electron chi connectivity index (χ0n) is 24.5. The van der Waals surface area contributed by atoms with Crippen LogP contribution in [0.5, 0.6) is 0 Å². The molecule has 34 heavy (non-hydrogen) atoms. The Labute approximate surface area is 216 Å². The minimum atomic E-state index is -0.659. The normalized spacial score (nSPS) is 11.3. The van der Waals surface area contributed by atoms with E-state index >= 15 is 0 Å². The number of rotatable bonds is 25. The zero-order valence-corrected chi connectivity index (χ0v) is 24.5. The van der Waals surface area contributed by atoms with Crippen LogP contribution in [0.3, 0.4) is 0 Å². The van der Waals surface area contributed by atoms with E-state index in [1.807, 2.05) is 0 Å². The summed E-state index contributed by atoms with van der Waals surface area (Å²) in [4.78, 5) is 10.2. The quantitative estimate of drug-likeness (QED) is 0.131. The van der Waals surface area contributed by atoms with Crippen LogP contribution >= 0.6 is 0 Å². The molecule has 0 aliphatic heterocycles. The first kappa shape index (κ1) is 35.6. The summed E-state index contributed by atoms with van der Waals surface area (Å²) in [5.41, 5.74) is 0.648. The second-order valence-electron chi connectivity index (χ2n) is 11.2. The van der Waals surface area contributed by atoms with E-state index in [0.717, 1.165) is 12.8 Å². The van der Waals surface area contributed by atoms with Crippen LogP contribution < -0.4 is 0 Å². The predicted molar refractivity (Wildman–Crippen MR) is 154 cm³/mol. The van der Waals surface area contributed by atoms with Gasteiger partial charge in [0.2, 0.25) is 0 Å². The lowest BCUT2D eigenvalue weighted by Crippen LogP contribution is -2.16. The highest BCUT2D eigenvalue weighted by Gasteiger charge is 2.22. The Hall–Kier alpha value is -0.530. The van der Waals surface area contributed by atoms with Crippen molar-refractivity contribution in [2.75, 3.05) is 0 Å². The molecule has 2 nitrogen and oxygen atoms in total. The molecule has 0 aromatic carbocycles. The van der Waals surface area contributed by atoms with E-state index in [1.54, 1.807) is 0 Å². The Kier molecular flexibility index (Phi) is 30.1. The molecule has 0 radical (unpaired) electrons. The third kappa shape index (κ3) is 29.5. The van der Waals surface area contributed by atoms with Gasteiger partial charge in [0.15, 0.2) is 0 Å². The maximum Gasteiger partial charge on any atom is 0.303 e. The minimum absolute atomic E-state index is 0.343. The van der Waals surface area contributed by atoms with Gasteiger partial charge >= 0.3 is 5.97 Å². The molecular formula is C32H66O2. The second-order valence-corrected chi connectivity index (χ2v) is 11.2. The van der Waals surface area contributed by atoms with E-state index < -0.39 is 5.97 Å². The number of carboxylic acid groups (broad SMARTS) is 1. The van der Waals surface area contributed by atoms with Crippen LogP contribution in [0.2, 0.25) is 0 Å². The summed E-state index contributed by atoms with van der Waals surface area (Å²) in [5.74, 6) is -0.659. The molecule has 1 N–H and O–H groups in total. The fourth-order valence-electron chi connectivity index (χ4n) is 4.90. The van der Waals surface area contributed by atoms with Gasteiger partial charge in [-0.2, -0.15) is 0 Å².